The van der Waals surface area contributed by atoms with E-state index in [1.165, 1.54) is 6.42 Å². The third-order valence-electron chi connectivity index (χ3n) is 6.36. The van der Waals surface area contributed by atoms with Crippen LogP contribution in [0.4, 0.5) is 10.5 Å². The number of hydrogen-bond donors (Lipinski definition) is 6. The summed E-state index contributed by atoms with van der Waals surface area (Å²) in [6.45, 7) is 5.25. The Morgan fingerprint density at radius 2 is 2.03 bits per heavy atom. The Morgan fingerprint density at radius 1 is 1.21 bits per heavy atom. The molecule has 0 radical (unpaired) electrons. The number of benzene rings is 1. The van der Waals surface area contributed by atoms with E-state index in [1.54, 1.807) is 4.90 Å². The smallest absolute Gasteiger partial charge is 0.327 e. The molecule has 4 rings (SSSR count). The second-order valence-electron chi connectivity index (χ2n) is 9.15. The normalized spacial score (nSPS) is 22.4. The van der Waals surface area contributed by atoms with E-state index in [-0.39, 0.29) is 24.2 Å². The van der Waals surface area contributed by atoms with Gasteiger partial charge < -0.3 is 38.1 Å². The van der Waals surface area contributed by atoms with E-state index >= 15 is 0 Å². The molecule has 2 amide bonds. The molecule has 9 N–H and O–H groups in total. The summed E-state index contributed by atoms with van der Waals surface area (Å²) in [6.07, 6.45) is 7.99. The van der Waals surface area contributed by atoms with Crippen molar-refractivity contribution in [2.45, 2.75) is 44.4 Å². The minimum absolute atomic E-state index is 0.126. The predicted molar refractivity (Wildman–Crippen MR) is 136 cm³/mol. The Morgan fingerprint density at radius 3 is 2.79 bits per heavy atom. The number of likely N-dealkylation sites (tertiary alicyclic amines) is 1. The van der Waals surface area contributed by atoms with Crippen molar-refractivity contribution in [3.05, 3.63) is 53.4 Å². The fraction of sp³-hybridized carbons (Fsp3) is 0.500. The van der Waals surface area contributed by atoms with E-state index in [0.29, 0.717) is 6.54 Å². The van der Waals surface area contributed by atoms with Gasteiger partial charge in [-0.1, -0.05) is 12.1 Å². The molecule has 1 aromatic carbocycles. The molecule has 2 atom stereocenters. The Hall–Kier alpha value is -3.08. The molecule has 1 aromatic rings. The highest BCUT2D eigenvalue weighted by Crippen LogP contribution is 2.25. The molecule has 0 saturated carbocycles. The molecule has 3 aliphatic heterocycles. The van der Waals surface area contributed by atoms with Gasteiger partial charge in [0.1, 0.15) is 6.17 Å². The molecule has 184 valence electrons. The van der Waals surface area contributed by atoms with Gasteiger partial charge in [-0.15, -0.1) is 0 Å². The van der Waals surface area contributed by atoms with Gasteiger partial charge in [-0.3, -0.25) is 9.89 Å². The molecule has 0 spiro atoms. The van der Waals surface area contributed by atoms with Crippen molar-refractivity contribution in [2.24, 2.45) is 22.2 Å². The molecule has 1 fully saturated rings. The molecule has 0 aliphatic carbocycles. The molecule has 0 bridgehead atoms. The maximum Gasteiger partial charge on any atom is 0.327 e. The second kappa shape index (κ2) is 11.4. The minimum atomic E-state index is -0.162. The van der Waals surface area contributed by atoms with Crippen LogP contribution in [0, 0.1) is 0 Å². The van der Waals surface area contributed by atoms with Crippen LogP contribution in [0.5, 0.6) is 0 Å². The van der Waals surface area contributed by atoms with Crippen LogP contribution in [0.3, 0.4) is 0 Å². The average Bonchev–Trinajstić information content (AvgIpc) is 3.21. The lowest BCUT2D eigenvalue weighted by Crippen LogP contribution is -2.51. The lowest BCUT2D eigenvalue weighted by atomic mass is 10.1. The lowest BCUT2D eigenvalue weighted by molar-refractivity contribution is 0.210. The van der Waals surface area contributed by atoms with E-state index in [0.717, 1.165) is 74.5 Å². The standard InChI is InChI=1S/C24H37N9O/c25-19-3-1-11-32(16-19)12-8-20-13-18-15-33(24(34)31-22(18)30-20)21-6-4-17(5-7-21)14-28-9-2-10-29-23(26)27/h4-7,13,15,19,22,28,30H,1-3,8-12,14,16,25H2,(H,31,34)(H4,26,27,29)/t19-,22?/m1/s1. The maximum atomic E-state index is 12.7. The SMILES string of the molecule is NC(N)=NCCCNCc1ccc(N2C=C3C=C(CCN4CCC[C@@H](N)C4)NC3NC2=O)cc1. The molecule has 34 heavy (non-hydrogen) atoms. The number of nitrogens with zero attached hydrogens (tertiary/aromatic N) is 3. The van der Waals surface area contributed by atoms with Gasteiger partial charge in [-0.2, -0.15) is 0 Å². The molecule has 1 saturated heterocycles. The first-order valence-electron chi connectivity index (χ1n) is 12.1. The molecule has 10 heteroatoms. The molecule has 1 unspecified atom stereocenters. The first-order valence-corrected chi connectivity index (χ1v) is 12.1. The van der Waals surface area contributed by atoms with Crippen LogP contribution >= 0.6 is 0 Å². The summed E-state index contributed by atoms with van der Waals surface area (Å²) >= 11 is 0. The number of fused-ring (bicyclic) bond motifs is 1. The number of rotatable bonds is 10. The average molecular weight is 468 g/mol. The summed E-state index contributed by atoms with van der Waals surface area (Å²) in [5.74, 6) is 0.126. The molecule has 3 aliphatic rings. The van der Waals surface area contributed by atoms with Crippen molar-refractivity contribution in [3.63, 3.8) is 0 Å². The third kappa shape index (κ3) is 6.49. The third-order valence-corrected chi connectivity index (χ3v) is 6.36. The number of guanidine groups is 1. The van der Waals surface area contributed by atoms with Crippen LogP contribution in [-0.4, -0.2) is 61.8 Å². The van der Waals surface area contributed by atoms with Crippen molar-refractivity contribution in [3.8, 4) is 0 Å². The summed E-state index contributed by atoms with van der Waals surface area (Å²) in [4.78, 5) is 20.8. The van der Waals surface area contributed by atoms with Crippen LogP contribution < -0.4 is 38.1 Å². The number of aliphatic imine (C=N–C) groups is 1. The summed E-state index contributed by atoms with van der Waals surface area (Å²) in [7, 11) is 0. The van der Waals surface area contributed by atoms with Gasteiger partial charge in [0.2, 0.25) is 0 Å². The van der Waals surface area contributed by atoms with Gasteiger partial charge in [-0.25, -0.2) is 4.79 Å². The molecule has 10 nitrogen and oxygen atoms in total. The van der Waals surface area contributed by atoms with Crippen molar-refractivity contribution >= 4 is 17.7 Å². The molecular weight excluding hydrogens is 430 g/mol. The highest BCUT2D eigenvalue weighted by Gasteiger charge is 2.30. The highest BCUT2D eigenvalue weighted by atomic mass is 16.2. The number of nitrogens with two attached hydrogens (primary N) is 3. The number of carbonyl (C=O) groups excluding carboxylic acids is 1. The Kier molecular flexibility index (Phi) is 8.04. The first-order chi connectivity index (χ1) is 16.5. The highest BCUT2D eigenvalue weighted by molar-refractivity contribution is 5.96. The molecule has 3 heterocycles. The number of hydrogen-bond acceptors (Lipinski definition) is 6. The Labute approximate surface area is 201 Å². The van der Waals surface area contributed by atoms with E-state index in [2.05, 4.69) is 31.9 Å². The molecular formula is C24H37N9O. The van der Waals surface area contributed by atoms with Crippen LogP contribution in [-0.2, 0) is 6.54 Å². The van der Waals surface area contributed by atoms with Crippen molar-refractivity contribution in [1.82, 2.24) is 20.9 Å². The van der Waals surface area contributed by atoms with Gasteiger partial charge in [0.05, 0.1) is 5.69 Å². The zero-order valence-electron chi connectivity index (χ0n) is 19.7. The first kappa shape index (κ1) is 24.1. The Balaban J connectivity index is 1.29. The van der Waals surface area contributed by atoms with Crippen molar-refractivity contribution < 1.29 is 4.79 Å². The van der Waals surface area contributed by atoms with Gasteiger partial charge in [0, 0.05) is 49.7 Å². The van der Waals surface area contributed by atoms with Gasteiger partial charge in [-0.05, 0) is 62.5 Å². The lowest BCUT2D eigenvalue weighted by Gasteiger charge is -2.31. The summed E-state index contributed by atoms with van der Waals surface area (Å²) in [5.41, 5.74) is 21.0. The monoisotopic (exact) mass is 467 g/mol. The van der Waals surface area contributed by atoms with Crippen LogP contribution in [0.1, 0.15) is 31.2 Å². The van der Waals surface area contributed by atoms with E-state index in [4.69, 9.17) is 17.2 Å². The summed E-state index contributed by atoms with van der Waals surface area (Å²) < 4.78 is 0. The minimum Gasteiger partial charge on any atom is -0.370 e. The van der Waals surface area contributed by atoms with Gasteiger partial charge in [0.15, 0.2) is 5.96 Å². The largest absolute Gasteiger partial charge is 0.370 e. The quantitative estimate of drug-likeness (QED) is 0.166. The fourth-order valence-corrected chi connectivity index (χ4v) is 4.56. The zero-order valence-corrected chi connectivity index (χ0v) is 19.7. The number of urea groups is 1. The van der Waals surface area contributed by atoms with E-state index < -0.39 is 0 Å². The topological polar surface area (TPSA) is 150 Å². The number of anilines is 1. The fourth-order valence-electron chi connectivity index (χ4n) is 4.56. The summed E-state index contributed by atoms with van der Waals surface area (Å²) in [5, 5.41) is 9.88. The molecule has 0 aromatic heterocycles. The van der Waals surface area contributed by atoms with Crippen LogP contribution in [0.25, 0.3) is 0 Å². The van der Waals surface area contributed by atoms with Crippen LogP contribution in [0.2, 0.25) is 0 Å². The van der Waals surface area contributed by atoms with E-state index in [1.807, 2.05) is 30.5 Å². The van der Waals surface area contributed by atoms with Gasteiger partial charge in [0.25, 0.3) is 0 Å². The summed E-state index contributed by atoms with van der Waals surface area (Å²) in [6, 6.07) is 8.17. The second-order valence-corrected chi connectivity index (χ2v) is 9.15. The van der Waals surface area contributed by atoms with Gasteiger partial charge >= 0.3 is 6.03 Å². The number of nitrogens with one attached hydrogen (secondary N) is 3. The van der Waals surface area contributed by atoms with E-state index in [9.17, 15) is 4.79 Å². The number of piperidine rings is 1. The predicted octanol–water partition coefficient (Wildman–Crippen LogP) is 0.480. The number of amides is 2. The Bertz CT molecular complexity index is 936. The van der Waals surface area contributed by atoms with Crippen molar-refractivity contribution in [1.29, 1.82) is 0 Å². The van der Waals surface area contributed by atoms with Crippen molar-refractivity contribution in [2.75, 3.05) is 37.6 Å². The number of carbonyl (C=O) groups is 1. The van der Waals surface area contributed by atoms with Crippen LogP contribution in [0.15, 0.2) is 52.8 Å². The zero-order chi connectivity index (χ0) is 23.9. The maximum absolute atomic E-state index is 12.7.